The van der Waals surface area contributed by atoms with Crippen LogP contribution in [0.1, 0.15) is 17.4 Å². The molecule has 0 bridgehead atoms. The number of rotatable bonds is 6. The molecule has 0 spiro atoms. The maximum atomic E-state index is 12.0. The molecule has 114 valence electrons. The van der Waals surface area contributed by atoms with E-state index in [0.29, 0.717) is 12.3 Å². The SMILES string of the molecule is C[NH+](C)CCCN1C(=O)CSC1c1cccc([N+](=O)[O-])c1. The Labute approximate surface area is 128 Å². The van der Waals surface area contributed by atoms with E-state index in [4.69, 9.17) is 0 Å². The fraction of sp³-hybridized carbons (Fsp3) is 0.500. The van der Waals surface area contributed by atoms with Gasteiger partial charge in [-0.3, -0.25) is 14.9 Å². The average molecular weight is 310 g/mol. The average Bonchev–Trinajstić information content (AvgIpc) is 2.80. The number of carbonyl (C=O) groups excluding carboxylic acids is 1. The van der Waals surface area contributed by atoms with E-state index < -0.39 is 4.92 Å². The Balaban J connectivity index is 2.11. The molecule has 1 unspecified atom stereocenters. The topological polar surface area (TPSA) is 67.9 Å². The molecule has 2 rings (SSSR count). The second-order valence-corrected chi connectivity index (χ2v) is 6.48. The molecular formula is C14H20N3O3S+. The van der Waals surface area contributed by atoms with Gasteiger partial charge in [-0.15, -0.1) is 11.8 Å². The Kier molecular flexibility index (Phi) is 5.19. The molecule has 1 saturated heterocycles. The zero-order valence-electron chi connectivity index (χ0n) is 12.2. The van der Waals surface area contributed by atoms with Crippen molar-refractivity contribution in [2.75, 3.05) is 32.9 Å². The summed E-state index contributed by atoms with van der Waals surface area (Å²) < 4.78 is 0. The van der Waals surface area contributed by atoms with Crippen LogP contribution in [0.25, 0.3) is 0 Å². The van der Waals surface area contributed by atoms with Gasteiger partial charge in [-0.05, 0) is 5.56 Å². The summed E-state index contributed by atoms with van der Waals surface area (Å²) in [5, 5.41) is 10.8. The van der Waals surface area contributed by atoms with Gasteiger partial charge in [-0.1, -0.05) is 12.1 Å². The van der Waals surface area contributed by atoms with Gasteiger partial charge in [0.2, 0.25) is 5.91 Å². The predicted octanol–water partition coefficient (Wildman–Crippen LogP) is 0.703. The molecule has 0 aliphatic carbocycles. The molecule has 1 aromatic carbocycles. The van der Waals surface area contributed by atoms with Crippen LogP contribution < -0.4 is 4.90 Å². The molecule has 7 heteroatoms. The lowest BCUT2D eigenvalue weighted by molar-refractivity contribution is -0.858. The van der Waals surface area contributed by atoms with Crippen molar-refractivity contribution in [3.8, 4) is 0 Å². The van der Waals surface area contributed by atoms with Crippen molar-refractivity contribution < 1.29 is 14.6 Å². The molecule has 1 N–H and O–H groups in total. The highest BCUT2D eigenvalue weighted by Crippen LogP contribution is 2.39. The van der Waals surface area contributed by atoms with Gasteiger partial charge < -0.3 is 9.80 Å². The maximum absolute atomic E-state index is 12.0. The summed E-state index contributed by atoms with van der Waals surface area (Å²) in [7, 11) is 4.16. The Morgan fingerprint density at radius 3 is 2.90 bits per heavy atom. The number of thioether (sulfide) groups is 1. The van der Waals surface area contributed by atoms with E-state index in [1.54, 1.807) is 12.1 Å². The zero-order valence-corrected chi connectivity index (χ0v) is 13.1. The van der Waals surface area contributed by atoms with Gasteiger partial charge in [-0.2, -0.15) is 0 Å². The van der Waals surface area contributed by atoms with E-state index in [0.717, 1.165) is 18.5 Å². The summed E-state index contributed by atoms with van der Waals surface area (Å²) in [5.41, 5.74) is 0.905. The number of amides is 1. The smallest absolute Gasteiger partial charge is 0.269 e. The number of carbonyl (C=O) groups is 1. The fourth-order valence-electron chi connectivity index (χ4n) is 2.37. The van der Waals surface area contributed by atoms with E-state index in [2.05, 4.69) is 14.1 Å². The number of nitrogens with zero attached hydrogens (tertiary/aromatic N) is 2. The number of hydrogen-bond acceptors (Lipinski definition) is 4. The van der Waals surface area contributed by atoms with E-state index in [-0.39, 0.29) is 17.0 Å². The van der Waals surface area contributed by atoms with Crippen LogP contribution in [0.15, 0.2) is 24.3 Å². The van der Waals surface area contributed by atoms with E-state index in [9.17, 15) is 14.9 Å². The molecule has 6 nitrogen and oxygen atoms in total. The lowest BCUT2D eigenvalue weighted by Gasteiger charge is -2.24. The van der Waals surface area contributed by atoms with Gasteiger partial charge in [-0.25, -0.2) is 0 Å². The minimum absolute atomic E-state index is 0.0742. The van der Waals surface area contributed by atoms with Crippen LogP contribution in [0.4, 0.5) is 5.69 Å². The highest BCUT2D eigenvalue weighted by atomic mass is 32.2. The van der Waals surface area contributed by atoms with Gasteiger partial charge in [0.15, 0.2) is 0 Å². The molecule has 1 atom stereocenters. The molecule has 0 radical (unpaired) electrons. The Morgan fingerprint density at radius 2 is 2.24 bits per heavy atom. The zero-order chi connectivity index (χ0) is 15.4. The second-order valence-electron chi connectivity index (χ2n) is 5.41. The van der Waals surface area contributed by atoms with Crippen molar-refractivity contribution in [1.29, 1.82) is 0 Å². The number of nitro groups is 1. The van der Waals surface area contributed by atoms with Crippen LogP contribution in [0.3, 0.4) is 0 Å². The van der Waals surface area contributed by atoms with Crippen LogP contribution >= 0.6 is 11.8 Å². The van der Waals surface area contributed by atoms with Crippen molar-refractivity contribution >= 4 is 23.4 Å². The van der Waals surface area contributed by atoms with Crippen molar-refractivity contribution in [3.05, 3.63) is 39.9 Å². The molecule has 1 aliphatic heterocycles. The molecule has 21 heavy (non-hydrogen) atoms. The summed E-state index contributed by atoms with van der Waals surface area (Å²) in [6.07, 6.45) is 0.931. The van der Waals surface area contributed by atoms with Gasteiger partial charge in [0.1, 0.15) is 5.37 Å². The Morgan fingerprint density at radius 1 is 1.48 bits per heavy atom. The normalized spacial score (nSPS) is 18.5. The van der Waals surface area contributed by atoms with E-state index in [1.165, 1.54) is 22.7 Å². The molecule has 1 heterocycles. The number of benzene rings is 1. The molecule has 1 fully saturated rings. The summed E-state index contributed by atoms with van der Waals surface area (Å²) in [5.74, 6) is 0.563. The fourth-order valence-corrected chi connectivity index (χ4v) is 3.58. The van der Waals surface area contributed by atoms with E-state index >= 15 is 0 Å². The Bertz CT molecular complexity index is 536. The molecule has 1 aliphatic rings. The van der Waals surface area contributed by atoms with Gasteiger partial charge in [0.25, 0.3) is 5.69 Å². The second kappa shape index (κ2) is 6.91. The minimum atomic E-state index is -0.398. The lowest BCUT2D eigenvalue weighted by Crippen LogP contribution is -3.05. The van der Waals surface area contributed by atoms with Crippen LogP contribution in [-0.4, -0.2) is 48.7 Å². The number of non-ortho nitro benzene ring substituents is 1. The number of quaternary nitrogens is 1. The first-order valence-corrected chi connectivity index (χ1v) is 7.98. The number of nitrogens with one attached hydrogen (secondary N) is 1. The summed E-state index contributed by atoms with van der Waals surface area (Å²) in [4.78, 5) is 25.7. The molecule has 0 aromatic heterocycles. The highest BCUT2D eigenvalue weighted by Gasteiger charge is 2.33. The quantitative estimate of drug-likeness (QED) is 0.620. The highest BCUT2D eigenvalue weighted by molar-refractivity contribution is 8.00. The maximum Gasteiger partial charge on any atom is 0.269 e. The third-order valence-corrected chi connectivity index (χ3v) is 4.67. The van der Waals surface area contributed by atoms with Crippen LogP contribution in [0.5, 0.6) is 0 Å². The number of hydrogen-bond donors (Lipinski definition) is 1. The standard InChI is InChI=1S/C14H19N3O3S/c1-15(2)7-4-8-16-13(18)10-21-14(16)11-5-3-6-12(9-11)17(19)20/h3,5-6,9,14H,4,7-8,10H2,1-2H3/p+1. The van der Waals surface area contributed by atoms with Gasteiger partial charge in [0, 0.05) is 25.1 Å². The van der Waals surface area contributed by atoms with Crippen molar-refractivity contribution in [2.24, 2.45) is 0 Å². The monoisotopic (exact) mass is 310 g/mol. The molecule has 1 aromatic rings. The van der Waals surface area contributed by atoms with Crippen LogP contribution in [-0.2, 0) is 4.79 Å². The summed E-state index contributed by atoms with van der Waals surface area (Å²) in [6, 6.07) is 6.58. The lowest BCUT2D eigenvalue weighted by atomic mass is 10.2. The molecule has 0 saturated carbocycles. The van der Waals surface area contributed by atoms with E-state index in [1.807, 2.05) is 11.0 Å². The third kappa shape index (κ3) is 3.95. The summed E-state index contributed by atoms with van der Waals surface area (Å²) >= 11 is 1.54. The third-order valence-electron chi connectivity index (χ3n) is 3.41. The van der Waals surface area contributed by atoms with Crippen LogP contribution in [0.2, 0.25) is 0 Å². The molecule has 1 amide bonds. The van der Waals surface area contributed by atoms with Gasteiger partial charge >= 0.3 is 0 Å². The molecular weight excluding hydrogens is 290 g/mol. The number of nitro benzene ring substituents is 1. The minimum Gasteiger partial charge on any atom is -0.340 e. The summed E-state index contributed by atoms with van der Waals surface area (Å²) in [6.45, 7) is 1.69. The van der Waals surface area contributed by atoms with Gasteiger partial charge in [0.05, 0.1) is 31.3 Å². The first-order chi connectivity index (χ1) is 9.99. The Hall–Kier alpha value is -1.60. The van der Waals surface area contributed by atoms with Crippen molar-refractivity contribution in [1.82, 2.24) is 4.90 Å². The predicted molar refractivity (Wildman–Crippen MR) is 82.3 cm³/mol. The first kappa shape index (κ1) is 15.8. The first-order valence-electron chi connectivity index (χ1n) is 6.93. The van der Waals surface area contributed by atoms with Crippen LogP contribution in [0, 0.1) is 10.1 Å². The largest absolute Gasteiger partial charge is 0.340 e. The van der Waals surface area contributed by atoms with Crippen molar-refractivity contribution in [2.45, 2.75) is 11.8 Å². The van der Waals surface area contributed by atoms with Crippen molar-refractivity contribution in [3.63, 3.8) is 0 Å².